The second-order valence-corrected chi connectivity index (χ2v) is 3.60. The maximum absolute atomic E-state index is 12.3. The molecule has 1 atom stereocenters. The van der Waals surface area contributed by atoms with E-state index in [1.807, 2.05) is 6.92 Å². The largest absolute Gasteiger partial charge is 0.417 e. The van der Waals surface area contributed by atoms with Crippen LogP contribution in [0.25, 0.3) is 0 Å². The number of nitrogens with one attached hydrogen (secondary N) is 1. The van der Waals surface area contributed by atoms with Gasteiger partial charge in [-0.1, -0.05) is 13.0 Å². The van der Waals surface area contributed by atoms with Gasteiger partial charge in [-0.05, 0) is 25.1 Å². The zero-order chi connectivity index (χ0) is 12.9. The third-order valence-electron chi connectivity index (χ3n) is 2.32. The van der Waals surface area contributed by atoms with E-state index in [2.05, 4.69) is 16.9 Å². The first kappa shape index (κ1) is 13.7. The maximum Gasteiger partial charge on any atom is 0.417 e. The van der Waals surface area contributed by atoms with Crippen LogP contribution in [0.2, 0.25) is 0 Å². The Bertz CT molecular complexity index is 357. The lowest BCUT2D eigenvalue weighted by atomic mass is 10.1. The lowest BCUT2D eigenvalue weighted by molar-refractivity contribution is -0.137. The van der Waals surface area contributed by atoms with E-state index in [1.165, 1.54) is 6.07 Å². The second kappa shape index (κ2) is 5.82. The number of alkyl halides is 3. The number of pyridine rings is 1. The molecular weight excluding hydrogens is 229 g/mol. The molecular formula is C12H15F3N2. The van der Waals surface area contributed by atoms with Gasteiger partial charge in [-0.3, -0.25) is 4.98 Å². The minimum Gasteiger partial charge on any atom is -0.309 e. The normalized spacial score (nSPS) is 13.4. The van der Waals surface area contributed by atoms with Crippen molar-refractivity contribution in [3.63, 3.8) is 0 Å². The highest BCUT2D eigenvalue weighted by molar-refractivity contribution is 5.19. The molecule has 17 heavy (non-hydrogen) atoms. The maximum atomic E-state index is 12.3. The molecule has 0 aromatic carbocycles. The predicted molar refractivity (Wildman–Crippen MR) is 60.5 cm³/mol. The highest BCUT2D eigenvalue weighted by Crippen LogP contribution is 2.29. The number of hydrogen-bond donors (Lipinski definition) is 1. The predicted octanol–water partition coefficient (Wildman–Crippen LogP) is 3.33. The van der Waals surface area contributed by atoms with Crippen molar-refractivity contribution in [1.82, 2.24) is 10.3 Å². The van der Waals surface area contributed by atoms with Crippen LogP contribution in [0.1, 0.15) is 30.6 Å². The summed E-state index contributed by atoms with van der Waals surface area (Å²) in [5.74, 6) is 0. The summed E-state index contributed by atoms with van der Waals surface area (Å²) in [6.07, 6.45) is -1.13. The molecule has 0 saturated heterocycles. The van der Waals surface area contributed by atoms with Crippen LogP contribution in [0.5, 0.6) is 0 Å². The zero-order valence-corrected chi connectivity index (χ0v) is 9.59. The molecule has 0 radical (unpaired) electrons. The average molecular weight is 244 g/mol. The number of rotatable bonds is 5. The van der Waals surface area contributed by atoms with Crippen molar-refractivity contribution in [2.45, 2.75) is 25.6 Å². The Kier molecular flexibility index (Phi) is 4.69. The van der Waals surface area contributed by atoms with Gasteiger partial charge in [0.25, 0.3) is 0 Å². The van der Waals surface area contributed by atoms with Gasteiger partial charge in [0.05, 0.1) is 17.3 Å². The van der Waals surface area contributed by atoms with Crippen molar-refractivity contribution in [3.8, 4) is 0 Å². The highest BCUT2D eigenvalue weighted by atomic mass is 19.4. The molecule has 0 fully saturated rings. The molecule has 1 heterocycles. The lowest BCUT2D eigenvalue weighted by Gasteiger charge is -2.16. The molecule has 1 N–H and O–H groups in total. The number of aromatic nitrogens is 1. The average Bonchev–Trinajstić information content (AvgIpc) is 2.28. The number of halogens is 3. The summed E-state index contributed by atoms with van der Waals surface area (Å²) in [5, 5.41) is 3.14. The molecule has 0 aliphatic carbocycles. The smallest absolute Gasteiger partial charge is 0.309 e. The van der Waals surface area contributed by atoms with Gasteiger partial charge in [-0.2, -0.15) is 13.2 Å². The third kappa shape index (κ3) is 3.85. The molecule has 1 aromatic rings. The number of nitrogens with zero attached hydrogens (tertiary/aromatic N) is 1. The first-order valence-electron chi connectivity index (χ1n) is 5.36. The van der Waals surface area contributed by atoms with Gasteiger partial charge in [0, 0.05) is 6.20 Å². The van der Waals surface area contributed by atoms with Gasteiger partial charge in [0.1, 0.15) is 0 Å². The van der Waals surface area contributed by atoms with Crippen LogP contribution >= 0.6 is 0 Å². The first-order valence-corrected chi connectivity index (χ1v) is 5.36. The van der Waals surface area contributed by atoms with Crippen LogP contribution in [-0.2, 0) is 6.18 Å². The zero-order valence-electron chi connectivity index (χ0n) is 9.59. The van der Waals surface area contributed by atoms with E-state index < -0.39 is 11.7 Å². The molecule has 0 amide bonds. The van der Waals surface area contributed by atoms with Gasteiger partial charge < -0.3 is 5.32 Å². The molecule has 0 aliphatic rings. The van der Waals surface area contributed by atoms with Crippen molar-refractivity contribution in [2.24, 2.45) is 0 Å². The topological polar surface area (TPSA) is 24.9 Å². The first-order chi connectivity index (χ1) is 7.99. The minimum absolute atomic E-state index is 0.0835. The van der Waals surface area contributed by atoms with E-state index >= 15 is 0 Å². The van der Waals surface area contributed by atoms with Crippen LogP contribution in [-0.4, -0.2) is 11.5 Å². The van der Waals surface area contributed by atoms with E-state index in [0.717, 1.165) is 18.8 Å². The van der Waals surface area contributed by atoms with E-state index in [0.29, 0.717) is 12.1 Å². The molecule has 1 aromatic heterocycles. The third-order valence-corrected chi connectivity index (χ3v) is 2.32. The van der Waals surface area contributed by atoms with Crippen molar-refractivity contribution >= 4 is 0 Å². The molecule has 94 valence electrons. The lowest BCUT2D eigenvalue weighted by Crippen LogP contribution is -2.21. The summed E-state index contributed by atoms with van der Waals surface area (Å²) < 4.78 is 37.0. The van der Waals surface area contributed by atoms with Crippen molar-refractivity contribution in [2.75, 3.05) is 6.54 Å². The fraction of sp³-hybridized carbons (Fsp3) is 0.417. The Hall–Kier alpha value is -1.36. The molecule has 0 spiro atoms. The molecule has 5 heteroatoms. The van der Waals surface area contributed by atoms with Gasteiger partial charge in [-0.25, -0.2) is 0 Å². The molecule has 2 nitrogen and oxygen atoms in total. The minimum atomic E-state index is -4.34. The van der Waals surface area contributed by atoms with E-state index in [1.54, 1.807) is 6.08 Å². The molecule has 0 bridgehead atoms. The van der Waals surface area contributed by atoms with Crippen LogP contribution < -0.4 is 5.32 Å². The fourth-order valence-corrected chi connectivity index (χ4v) is 1.50. The Morgan fingerprint density at radius 3 is 2.59 bits per heavy atom. The quantitative estimate of drug-likeness (QED) is 0.804. The van der Waals surface area contributed by atoms with Crippen LogP contribution in [0, 0.1) is 0 Å². The highest BCUT2D eigenvalue weighted by Gasteiger charge is 2.30. The van der Waals surface area contributed by atoms with Crippen LogP contribution in [0.3, 0.4) is 0 Å². The van der Waals surface area contributed by atoms with Crippen LogP contribution in [0.4, 0.5) is 13.2 Å². The van der Waals surface area contributed by atoms with Crippen molar-refractivity contribution in [1.29, 1.82) is 0 Å². The summed E-state index contributed by atoms with van der Waals surface area (Å²) >= 11 is 0. The SMILES string of the molecule is C=CCC(NCC)c1ccc(C(F)(F)F)cn1. The van der Waals surface area contributed by atoms with Gasteiger partial charge in [0.15, 0.2) is 0 Å². The van der Waals surface area contributed by atoms with E-state index in [9.17, 15) is 13.2 Å². The Morgan fingerprint density at radius 2 is 2.18 bits per heavy atom. The van der Waals surface area contributed by atoms with E-state index in [-0.39, 0.29) is 6.04 Å². The second-order valence-electron chi connectivity index (χ2n) is 3.60. The fourth-order valence-electron chi connectivity index (χ4n) is 1.50. The summed E-state index contributed by atoms with van der Waals surface area (Å²) in [5.41, 5.74) is -0.130. The van der Waals surface area contributed by atoms with Gasteiger partial charge in [-0.15, -0.1) is 6.58 Å². The molecule has 0 saturated carbocycles. The molecule has 1 unspecified atom stereocenters. The van der Waals surface area contributed by atoms with Gasteiger partial charge >= 0.3 is 6.18 Å². The summed E-state index contributed by atoms with van der Waals surface area (Å²) in [6.45, 7) is 6.27. The Labute approximate surface area is 98.6 Å². The number of hydrogen-bond acceptors (Lipinski definition) is 2. The van der Waals surface area contributed by atoms with E-state index in [4.69, 9.17) is 0 Å². The monoisotopic (exact) mass is 244 g/mol. The summed E-state index contributed by atoms with van der Waals surface area (Å²) in [4.78, 5) is 3.85. The Morgan fingerprint density at radius 1 is 1.47 bits per heavy atom. The molecule has 1 rings (SSSR count). The van der Waals surface area contributed by atoms with Crippen molar-refractivity contribution in [3.05, 3.63) is 42.2 Å². The summed E-state index contributed by atoms with van der Waals surface area (Å²) in [6, 6.07) is 2.37. The molecule has 0 aliphatic heterocycles. The van der Waals surface area contributed by atoms with Gasteiger partial charge in [0.2, 0.25) is 0 Å². The standard InChI is InChI=1S/C12H15F3N2/c1-3-5-10(16-4-2)11-7-6-9(8-17-11)12(13,14)15/h3,6-8,10,16H,1,4-5H2,2H3. The summed E-state index contributed by atoms with van der Waals surface area (Å²) in [7, 11) is 0. The van der Waals surface area contributed by atoms with Crippen LogP contribution in [0.15, 0.2) is 31.0 Å². The Balaban J connectivity index is 2.87. The van der Waals surface area contributed by atoms with Crippen molar-refractivity contribution < 1.29 is 13.2 Å².